The third-order valence-corrected chi connectivity index (χ3v) is 4.33. The Kier molecular flexibility index (Phi) is 4.13. The molecule has 0 unspecified atom stereocenters. The second kappa shape index (κ2) is 6.60. The van der Waals surface area contributed by atoms with Crippen LogP contribution in [0.3, 0.4) is 0 Å². The zero-order chi connectivity index (χ0) is 18.1. The molecular formula is C17H18N6O3. The number of benzene rings is 1. The van der Waals surface area contributed by atoms with E-state index < -0.39 is 5.91 Å². The molecule has 1 aliphatic rings. The van der Waals surface area contributed by atoms with E-state index in [1.807, 2.05) is 11.0 Å². The van der Waals surface area contributed by atoms with Crippen molar-refractivity contribution in [1.29, 1.82) is 0 Å². The summed E-state index contributed by atoms with van der Waals surface area (Å²) in [5.74, 6) is 0.297. The number of rotatable bonds is 4. The Morgan fingerprint density at radius 2 is 2.08 bits per heavy atom. The van der Waals surface area contributed by atoms with Gasteiger partial charge in [-0.15, -0.1) is 0 Å². The molecule has 1 fully saturated rings. The first kappa shape index (κ1) is 16.3. The Morgan fingerprint density at radius 3 is 2.85 bits per heavy atom. The lowest BCUT2D eigenvalue weighted by atomic mass is 10.2. The number of ether oxygens (including phenoxy) is 1. The molecule has 2 aromatic heterocycles. The second-order valence-electron chi connectivity index (χ2n) is 6.09. The van der Waals surface area contributed by atoms with Gasteiger partial charge < -0.3 is 15.4 Å². The average molecular weight is 354 g/mol. The minimum atomic E-state index is -0.549. The molecule has 3 heterocycles. The fourth-order valence-electron chi connectivity index (χ4n) is 3.09. The number of hydrogen-bond donors (Lipinski definition) is 2. The Balaban J connectivity index is 1.84. The number of aromatic amines is 1. The molecule has 3 N–H and O–H groups in total. The number of fused-ring (bicyclic) bond motifs is 1. The van der Waals surface area contributed by atoms with Gasteiger partial charge in [0.2, 0.25) is 5.91 Å². The first-order valence-corrected chi connectivity index (χ1v) is 8.29. The summed E-state index contributed by atoms with van der Waals surface area (Å²) in [7, 11) is 0. The summed E-state index contributed by atoms with van der Waals surface area (Å²) in [6.07, 6.45) is 1.57. The third-order valence-electron chi connectivity index (χ3n) is 4.33. The number of carbonyl (C=O) groups excluding carboxylic acids is 1. The maximum absolute atomic E-state index is 12.8. The topological polar surface area (TPSA) is 119 Å². The van der Waals surface area contributed by atoms with Gasteiger partial charge in [-0.1, -0.05) is 0 Å². The van der Waals surface area contributed by atoms with Crippen LogP contribution in [0.25, 0.3) is 16.6 Å². The molecule has 1 aliphatic heterocycles. The average Bonchev–Trinajstić information content (AvgIpc) is 3.09. The van der Waals surface area contributed by atoms with Crippen LogP contribution >= 0.6 is 0 Å². The van der Waals surface area contributed by atoms with Gasteiger partial charge in [0.15, 0.2) is 0 Å². The number of carbonyl (C=O) groups is 1. The number of nitrogens with zero attached hydrogens (tertiary/aromatic N) is 4. The first-order chi connectivity index (χ1) is 12.6. The van der Waals surface area contributed by atoms with Crippen molar-refractivity contribution in [3.05, 3.63) is 46.6 Å². The molecule has 0 spiro atoms. The van der Waals surface area contributed by atoms with Gasteiger partial charge in [0, 0.05) is 24.5 Å². The fourth-order valence-corrected chi connectivity index (χ4v) is 3.09. The highest BCUT2D eigenvalue weighted by Crippen LogP contribution is 2.18. The van der Waals surface area contributed by atoms with Gasteiger partial charge in [0.1, 0.15) is 11.6 Å². The number of nitrogens with one attached hydrogen (secondary N) is 1. The van der Waals surface area contributed by atoms with E-state index in [9.17, 15) is 9.59 Å². The molecule has 9 heteroatoms. The van der Waals surface area contributed by atoms with E-state index in [2.05, 4.69) is 15.2 Å². The number of anilines is 1. The van der Waals surface area contributed by atoms with Crippen LogP contribution in [-0.4, -0.2) is 52.0 Å². The molecule has 0 saturated carbocycles. The molecule has 1 saturated heterocycles. The van der Waals surface area contributed by atoms with Gasteiger partial charge >= 0.3 is 0 Å². The number of amides is 1. The number of H-pyrrole nitrogens is 1. The van der Waals surface area contributed by atoms with E-state index in [0.29, 0.717) is 43.6 Å². The van der Waals surface area contributed by atoms with Gasteiger partial charge in [-0.25, -0.2) is 4.98 Å². The molecular weight excluding hydrogens is 336 g/mol. The number of morpholine rings is 1. The van der Waals surface area contributed by atoms with Gasteiger partial charge in [0.05, 0.1) is 37.0 Å². The minimum absolute atomic E-state index is 0.131. The first-order valence-electron chi connectivity index (χ1n) is 8.29. The van der Waals surface area contributed by atoms with Gasteiger partial charge in [-0.2, -0.15) is 5.10 Å². The smallest absolute Gasteiger partial charge is 0.260 e. The summed E-state index contributed by atoms with van der Waals surface area (Å²) in [6, 6.07) is 6.92. The van der Waals surface area contributed by atoms with E-state index in [1.165, 1.54) is 10.6 Å². The van der Waals surface area contributed by atoms with Crippen molar-refractivity contribution in [2.24, 2.45) is 5.73 Å². The highest BCUT2D eigenvalue weighted by Gasteiger charge is 2.18. The van der Waals surface area contributed by atoms with Gasteiger partial charge in [0.25, 0.3) is 5.56 Å². The number of primary amides is 1. The molecule has 4 rings (SSSR count). The van der Waals surface area contributed by atoms with Crippen LogP contribution in [0.2, 0.25) is 0 Å². The number of hydrogen-bond acceptors (Lipinski definition) is 6. The SMILES string of the molecule is NC(=O)Cc1nc(N2CCOCC2)cc(=O)n1-c1ccc2cn[nH]c2c1. The van der Waals surface area contributed by atoms with Crippen molar-refractivity contribution < 1.29 is 9.53 Å². The van der Waals surface area contributed by atoms with Crippen LogP contribution in [0.4, 0.5) is 5.82 Å². The molecule has 134 valence electrons. The lowest BCUT2D eigenvalue weighted by Gasteiger charge is -2.28. The van der Waals surface area contributed by atoms with Crippen LogP contribution in [0, 0.1) is 0 Å². The van der Waals surface area contributed by atoms with E-state index in [0.717, 1.165) is 10.9 Å². The van der Waals surface area contributed by atoms with Gasteiger partial charge in [-0.3, -0.25) is 19.3 Å². The van der Waals surface area contributed by atoms with E-state index in [1.54, 1.807) is 18.3 Å². The summed E-state index contributed by atoms with van der Waals surface area (Å²) < 4.78 is 6.75. The Labute approximate surface area is 148 Å². The van der Waals surface area contributed by atoms with Crippen LogP contribution < -0.4 is 16.2 Å². The zero-order valence-electron chi connectivity index (χ0n) is 14.0. The molecule has 3 aromatic rings. The lowest BCUT2D eigenvalue weighted by Crippen LogP contribution is -2.38. The Bertz CT molecular complexity index is 1020. The van der Waals surface area contributed by atoms with Crippen LogP contribution in [0.5, 0.6) is 0 Å². The van der Waals surface area contributed by atoms with Crippen molar-refractivity contribution >= 4 is 22.6 Å². The zero-order valence-corrected chi connectivity index (χ0v) is 14.0. The van der Waals surface area contributed by atoms with Crippen LogP contribution in [0.15, 0.2) is 35.3 Å². The molecule has 0 radical (unpaired) electrons. The molecule has 1 amide bonds. The molecule has 0 atom stereocenters. The van der Waals surface area contributed by atoms with Crippen molar-refractivity contribution in [2.75, 3.05) is 31.2 Å². The Morgan fingerprint density at radius 1 is 1.27 bits per heavy atom. The predicted octanol–water partition coefficient (Wildman–Crippen LogP) is -0.0268. The van der Waals surface area contributed by atoms with E-state index in [-0.39, 0.29) is 12.0 Å². The molecule has 9 nitrogen and oxygen atoms in total. The van der Waals surface area contributed by atoms with Gasteiger partial charge in [-0.05, 0) is 18.2 Å². The molecule has 26 heavy (non-hydrogen) atoms. The van der Waals surface area contributed by atoms with Crippen molar-refractivity contribution in [3.8, 4) is 5.69 Å². The lowest BCUT2D eigenvalue weighted by molar-refractivity contribution is -0.117. The Hall–Kier alpha value is -3.20. The largest absolute Gasteiger partial charge is 0.378 e. The summed E-state index contributed by atoms with van der Waals surface area (Å²) >= 11 is 0. The molecule has 0 bridgehead atoms. The fraction of sp³-hybridized carbons (Fsp3) is 0.294. The van der Waals surface area contributed by atoms with Crippen LogP contribution in [-0.2, 0) is 16.0 Å². The summed E-state index contributed by atoms with van der Waals surface area (Å²) in [5.41, 5.74) is 6.50. The highest BCUT2D eigenvalue weighted by atomic mass is 16.5. The normalized spacial score (nSPS) is 14.7. The summed E-state index contributed by atoms with van der Waals surface area (Å²) in [5, 5.41) is 7.78. The van der Waals surface area contributed by atoms with E-state index >= 15 is 0 Å². The number of nitrogens with two attached hydrogens (primary N) is 1. The predicted molar refractivity (Wildman–Crippen MR) is 95.4 cm³/mol. The maximum atomic E-state index is 12.8. The third kappa shape index (κ3) is 3.04. The van der Waals surface area contributed by atoms with E-state index in [4.69, 9.17) is 10.5 Å². The molecule has 1 aromatic carbocycles. The maximum Gasteiger partial charge on any atom is 0.260 e. The minimum Gasteiger partial charge on any atom is -0.378 e. The molecule has 0 aliphatic carbocycles. The van der Waals surface area contributed by atoms with Crippen molar-refractivity contribution in [1.82, 2.24) is 19.7 Å². The summed E-state index contributed by atoms with van der Waals surface area (Å²) in [6.45, 7) is 2.44. The summed E-state index contributed by atoms with van der Waals surface area (Å²) in [4.78, 5) is 30.9. The highest BCUT2D eigenvalue weighted by molar-refractivity contribution is 5.80. The van der Waals surface area contributed by atoms with Crippen molar-refractivity contribution in [2.45, 2.75) is 6.42 Å². The second-order valence-corrected chi connectivity index (χ2v) is 6.09. The van der Waals surface area contributed by atoms with Crippen LogP contribution in [0.1, 0.15) is 5.82 Å². The monoisotopic (exact) mass is 354 g/mol. The standard InChI is InChI=1S/C17H18N6O3/c18-14(24)8-16-20-15(22-3-5-26-6-4-22)9-17(25)23(16)12-2-1-11-10-19-21-13(11)7-12/h1-2,7,9-10H,3-6,8H2,(H2,18,24)(H,19,21). The van der Waals surface area contributed by atoms with Crippen molar-refractivity contribution in [3.63, 3.8) is 0 Å². The quantitative estimate of drug-likeness (QED) is 0.679. The number of aromatic nitrogens is 4.